The van der Waals surface area contributed by atoms with Gasteiger partial charge in [-0.2, -0.15) is 0 Å². The van der Waals surface area contributed by atoms with Gasteiger partial charge in [0, 0.05) is 31.3 Å². The van der Waals surface area contributed by atoms with Gasteiger partial charge in [-0.25, -0.2) is 0 Å². The molecule has 0 aromatic heterocycles. The molecule has 4 rings (SSSR count). The molecule has 1 amide bonds. The highest BCUT2D eigenvalue weighted by Gasteiger charge is 2.63. The number of carbonyl (C=O) groups excluding carboxylic acids is 3. The molecular formula is C23H28ClN3O7. The number of phenols is 1. The summed E-state index contributed by atoms with van der Waals surface area (Å²) in [6, 6.07) is 2.06. The van der Waals surface area contributed by atoms with Gasteiger partial charge in [0.15, 0.2) is 11.4 Å². The Morgan fingerprint density at radius 1 is 1.12 bits per heavy atom. The summed E-state index contributed by atoms with van der Waals surface area (Å²) in [6.07, 6.45) is 0.324. The number of ketones is 2. The molecule has 0 heterocycles. The molecule has 3 aliphatic rings. The first-order valence-electron chi connectivity index (χ1n) is 10.5. The lowest BCUT2D eigenvalue weighted by molar-refractivity contribution is -0.148. The van der Waals surface area contributed by atoms with Crippen LogP contribution in [0.1, 0.15) is 22.3 Å². The number of phenolic OH excluding ortho intramolecular Hbond substituents is 1. The summed E-state index contributed by atoms with van der Waals surface area (Å²) in [5.41, 5.74) is 3.02. The molecule has 0 radical (unpaired) electrons. The van der Waals surface area contributed by atoms with E-state index >= 15 is 0 Å². The summed E-state index contributed by atoms with van der Waals surface area (Å²) in [5.74, 6) is -6.53. The van der Waals surface area contributed by atoms with Crippen LogP contribution >= 0.6 is 12.4 Å². The van der Waals surface area contributed by atoms with E-state index in [0.29, 0.717) is 5.56 Å². The van der Waals surface area contributed by atoms with Crippen molar-refractivity contribution in [3.05, 3.63) is 45.9 Å². The van der Waals surface area contributed by atoms with Crippen LogP contribution in [-0.2, 0) is 16.0 Å². The van der Waals surface area contributed by atoms with Gasteiger partial charge in [0.1, 0.15) is 22.8 Å². The van der Waals surface area contributed by atoms with Crippen LogP contribution < -0.4 is 10.6 Å². The van der Waals surface area contributed by atoms with Crippen molar-refractivity contribution in [3.8, 4) is 5.75 Å². The number of hydrogen-bond acceptors (Lipinski definition) is 9. The van der Waals surface area contributed by atoms with E-state index in [9.17, 15) is 34.8 Å². The second-order valence-corrected chi connectivity index (χ2v) is 9.31. The van der Waals surface area contributed by atoms with E-state index in [1.165, 1.54) is 11.0 Å². The van der Waals surface area contributed by atoms with Crippen LogP contribution in [0, 0.1) is 11.8 Å². The Morgan fingerprint density at radius 2 is 1.74 bits per heavy atom. The zero-order valence-electron chi connectivity index (χ0n) is 19.2. The third kappa shape index (κ3) is 3.20. The minimum atomic E-state index is -2.63. The molecule has 1 aromatic carbocycles. The number of aliphatic hydroxyl groups is 3. The number of aromatic hydroxyl groups is 1. The second kappa shape index (κ2) is 8.30. The van der Waals surface area contributed by atoms with E-state index in [2.05, 4.69) is 0 Å². The summed E-state index contributed by atoms with van der Waals surface area (Å²) in [6.45, 7) is 0. The molecule has 0 fully saturated rings. The van der Waals surface area contributed by atoms with Crippen LogP contribution in [0.15, 0.2) is 34.8 Å². The number of amides is 1. The lowest BCUT2D eigenvalue weighted by Gasteiger charge is -2.50. The van der Waals surface area contributed by atoms with Crippen LogP contribution in [0.3, 0.4) is 0 Å². The van der Waals surface area contributed by atoms with Crippen molar-refractivity contribution in [2.45, 2.75) is 24.5 Å². The predicted octanol–water partition coefficient (Wildman–Crippen LogP) is 0.608. The molecule has 1 aromatic rings. The summed E-state index contributed by atoms with van der Waals surface area (Å²) in [4.78, 5) is 42.0. The predicted molar refractivity (Wildman–Crippen MR) is 125 cm³/mol. The van der Waals surface area contributed by atoms with Crippen LogP contribution in [0.2, 0.25) is 0 Å². The monoisotopic (exact) mass is 493 g/mol. The molecule has 4 atom stereocenters. The smallest absolute Gasteiger partial charge is 0.255 e. The fraction of sp³-hybridized carbons (Fsp3) is 0.435. The molecule has 6 N–H and O–H groups in total. The number of nitrogens with zero attached hydrogens (tertiary/aromatic N) is 2. The standard InChI is InChI=1S/C23H27N3O7.ClH/c1-25(2)12-5-6-13(27)15-10(12)7-9-8-11-17(26(3)4)19(29)16(22(24)32)21(31)23(11,33)20(30)14(9)18(15)28;/h5-6,9,11,17,27,29-30,33H,7-8H2,1-4H3,(H2,24,32);1H. The maximum atomic E-state index is 13.5. The Hall–Kier alpha value is -3.08. The Morgan fingerprint density at radius 3 is 2.26 bits per heavy atom. The molecule has 0 saturated heterocycles. The minimum absolute atomic E-state index is 0. The van der Waals surface area contributed by atoms with Gasteiger partial charge < -0.3 is 31.1 Å². The fourth-order valence-electron chi connectivity index (χ4n) is 5.65. The third-order valence-electron chi connectivity index (χ3n) is 7.06. The zero-order chi connectivity index (χ0) is 24.6. The van der Waals surface area contributed by atoms with E-state index in [-0.39, 0.29) is 42.1 Å². The van der Waals surface area contributed by atoms with E-state index in [1.54, 1.807) is 39.2 Å². The van der Waals surface area contributed by atoms with E-state index < -0.39 is 58.0 Å². The molecule has 0 bridgehead atoms. The van der Waals surface area contributed by atoms with Gasteiger partial charge in [0.25, 0.3) is 5.91 Å². The molecule has 0 saturated carbocycles. The Balaban J connectivity index is 0.00000324. The summed E-state index contributed by atoms with van der Waals surface area (Å²) in [7, 11) is 6.79. The molecule has 0 aliphatic heterocycles. The van der Waals surface area contributed by atoms with Crippen molar-refractivity contribution in [2.75, 3.05) is 33.1 Å². The lowest BCUT2D eigenvalue weighted by atomic mass is 9.58. The van der Waals surface area contributed by atoms with Crippen LogP contribution in [-0.4, -0.2) is 82.6 Å². The van der Waals surface area contributed by atoms with Gasteiger partial charge in [-0.1, -0.05) is 0 Å². The topological polar surface area (TPSA) is 165 Å². The molecule has 184 valence electrons. The number of Topliss-reactive ketones (excluding diaryl/α,β-unsaturated/α-hetero) is 2. The van der Waals surface area contributed by atoms with Crippen molar-refractivity contribution in [3.63, 3.8) is 0 Å². The van der Waals surface area contributed by atoms with Crippen LogP contribution in [0.4, 0.5) is 5.69 Å². The third-order valence-corrected chi connectivity index (χ3v) is 7.06. The Kier molecular flexibility index (Phi) is 6.23. The number of carbonyl (C=O) groups is 3. The van der Waals surface area contributed by atoms with Crippen molar-refractivity contribution in [1.29, 1.82) is 0 Å². The van der Waals surface area contributed by atoms with Gasteiger partial charge in [-0.05, 0) is 50.6 Å². The average Bonchev–Trinajstić information content (AvgIpc) is 2.70. The second-order valence-electron chi connectivity index (χ2n) is 9.31. The summed E-state index contributed by atoms with van der Waals surface area (Å²) >= 11 is 0. The molecular weight excluding hydrogens is 466 g/mol. The highest BCUT2D eigenvalue weighted by molar-refractivity contribution is 6.24. The summed E-state index contributed by atoms with van der Waals surface area (Å²) < 4.78 is 0. The number of benzene rings is 1. The van der Waals surface area contributed by atoms with Gasteiger partial charge in [-0.15, -0.1) is 12.4 Å². The molecule has 34 heavy (non-hydrogen) atoms. The molecule has 3 aliphatic carbocycles. The number of fused-ring (bicyclic) bond motifs is 3. The van der Waals surface area contributed by atoms with Crippen molar-refractivity contribution in [2.24, 2.45) is 17.6 Å². The van der Waals surface area contributed by atoms with Crippen molar-refractivity contribution >= 4 is 35.6 Å². The quantitative estimate of drug-likeness (QED) is 0.379. The number of allylic oxidation sites excluding steroid dienone is 1. The first kappa shape index (κ1) is 25.5. The van der Waals surface area contributed by atoms with Gasteiger partial charge in [-0.3, -0.25) is 19.3 Å². The first-order chi connectivity index (χ1) is 15.3. The number of nitrogens with two attached hydrogens (primary N) is 1. The number of anilines is 1. The first-order valence-corrected chi connectivity index (χ1v) is 10.5. The Labute approximate surface area is 202 Å². The van der Waals surface area contributed by atoms with Gasteiger partial charge in [0.2, 0.25) is 5.78 Å². The molecule has 0 spiro atoms. The SMILES string of the molecule is CN(C)c1ccc(O)c2c1CC1CC3C(N(C)C)C(O)=C(C(N)=O)C(=O)C3(O)C(O)=C1C2=O.Cl. The Bertz CT molecular complexity index is 1170. The number of rotatable bonds is 3. The number of primary amides is 1. The highest BCUT2D eigenvalue weighted by atomic mass is 35.5. The zero-order valence-corrected chi connectivity index (χ0v) is 20.0. The molecule has 10 nitrogen and oxygen atoms in total. The van der Waals surface area contributed by atoms with Crippen LogP contribution in [0.5, 0.6) is 5.75 Å². The minimum Gasteiger partial charge on any atom is -0.510 e. The van der Waals surface area contributed by atoms with Gasteiger partial charge >= 0.3 is 0 Å². The number of likely N-dealkylation sites (N-methyl/N-ethyl adjacent to an activating group) is 1. The average molecular weight is 494 g/mol. The van der Waals surface area contributed by atoms with Crippen LogP contribution in [0.25, 0.3) is 0 Å². The maximum absolute atomic E-state index is 13.5. The maximum Gasteiger partial charge on any atom is 0.255 e. The van der Waals surface area contributed by atoms with E-state index in [0.717, 1.165) is 5.69 Å². The lowest BCUT2D eigenvalue weighted by Crippen LogP contribution is -2.63. The summed E-state index contributed by atoms with van der Waals surface area (Å²) in [5, 5.41) is 43.9. The van der Waals surface area contributed by atoms with E-state index in [1.807, 2.05) is 0 Å². The largest absolute Gasteiger partial charge is 0.510 e. The highest BCUT2D eigenvalue weighted by Crippen LogP contribution is 2.52. The molecule has 4 unspecified atom stereocenters. The molecule has 11 heteroatoms. The number of aliphatic hydroxyl groups excluding tert-OH is 2. The normalized spacial score (nSPS) is 28.2. The number of halogens is 1. The van der Waals surface area contributed by atoms with E-state index in [4.69, 9.17) is 5.73 Å². The number of hydrogen-bond donors (Lipinski definition) is 5. The van der Waals surface area contributed by atoms with Gasteiger partial charge in [0.05, 0.1) is 11.6 Å². The fourth-order valence-corrected chi connectivity index (χ4v) is 5.65. The van der Waals surface area contributed by atoms with Crippen molar-refractivity contribution in [1.82, 2.24) is 4.90 Å². The van der Waals surface area contributed by atoms with Crippen molar-refractivity contribution < 1.29 is 34.8 Å².